The highest BCUT2D eigenvalue weighted by Crippen LogP contribution is 2.43. The summed E-state index contributed by atoms with van der Waals surface area (Å²) >= 11 is 13.2. The van der Waals surface area contributed by atoms with E-state index in [-0.39, 0.29) is 12.1 Å². The summed E-state index contributed by atoms with van der Waals surface area (Å²) in [5.74, 6) is 0.909. The fraction of sp³-hybridized carbons (Fsp3) is 0.250. The van der Waals surface area contributed by atoms with Crippen LogP contribution in [0.4, 0.5) is 0 Å². The summed E-state index contributed by atoms with van der Waals surface area (Å²) in [6, 6.07) is 12.2. The maximum atomic E-state index is 6.21. The largest absolute Gasteiger partial charge is 0.485 e. The minimum Gasteiger partial charge on any atom is -0.485 e. The molecule has 1 heterocycles. The zero-order chi connectivity index (χ0) is 15.0. The molecule has 2 aromatic rings. The molecule has 2 aromatic carbocycles. The molecule has 110 valence electrons. The van der Waals surface area contributed by atoms with Gasteiger partial charge >= 0.3 is 0 Å². The van der Waals surface area contributed by atoms with Gasteiger partial charge in [-0.25, -0.2) is 0 Å². The molecule has 2 nitrogen and oxygen atoms in total. The van der Waals surface area contributed by atoms with E-state index < -0.39 is 0 Å². The molecule has 2 unspecified atom stereocenters. The monoisotopic (exact) mass is 429 g/mol. The molecule has 0 radical (unpaired) electrons. The number of nitrogens with one attached hydrogen (secondary N) is 1. The maximum absolute atomic E-state index is 6.21. The second kappa shape index (κ2) is 6.29. The van der Waals surface area contributed by atoms with E-state index in [9.17, 15) is 0 Å². The number of benzene rings is 2. The van der Waals surface area contributed by atoms with Gasteiger partial charge in [0.25, 0.3) is 0 Å². The molecule has 0 aromatic heterocycles. The highest BCUT2D eigenvalue weighted by Gasteiger charge is 2.29. The lowest BCUT2D eigenvalue weighted by molar-refractivity contribution is 0.153. The minimum atomic E-state index is -0.0303. The summed E-state index contributed by atoms with van der Waals surface area (Å²) in [4.78, 5) is 0. The summed E-state index contributed by atoms with van der Waals surface area (Å²) in [6.45, 7) is 0. The van der Waals surface area contributed by atoms with Crippen LogP contribution in [0, 0.1) is 0 Å². The van der Waals surface area contributed by atoms with E-state index in [0.29, 0.717) is 0 Å². The standard InChI is InChI=1S/C16H14Br2ClNO/c1-20-14-8-16(12-7-10(19)3-5-13(12)18)21-15-6-9(17)2-4-11(14)15/h2-7,14,16,20H,8H2,1H3. The van der Waals surface area contributed by atoms with Crippen LogP contribution in [0.5, 0.6) is 5.75 Å². The molecule has 1 N–H and O–H groups in total. The average molecular weight is 432 g/mol. The third-order valence-corrected chi connectivity index (χ3v) is 5.17. The van der Waals surface area contributed by atoms with E-state index >= 15 is 0 Å². The molecule has 5 heteroatoms. The lowest BCUT2D eigenvalue weighted by atomic mass is 9.93. The van der Waals surface area contributed by atoms with Gasteiger partial charge in [0.2, 0.25) is 0 Å². The molecular weight excluding hydrogens is 417 g/mol. The van der Waals surface area contributed by atoms with Gasteiger partial charge in [-0.05, 0) is 37.4 Å². The third kappa shape index (κ3) is 3.14. The Labute approximate surface area is 146 Å². The second-order valence-corrected chi connectivity index (χ2v) is 7.24. The number of rotatable bonds is 2. The number of fused-ring (bicyclic) bond motifs is 1. The van der Waals surface area contributed by atoms with E-state index in [2.05, 4.69) is 43.2 Å². The van der Waals surface area contributed by atoms with E-state index in [1.807, 2.05) is 37.4 Å². The van der Waals surface area contributed by atoms with E-state index in [1.165, 1.54) is 5.56 Å². The fourth-order valence-corrected chi connectivity index (χ4v) is 3.69. The smallest absolute Gasteiger partial charge is 0.127 e. The number of hydrogen-bond acceptors (Lipinski definition) is 2. The zero-order valence-electron chi connectivity index (χ0n) is 11.4. The van der Waals surface area contributed by atoms with Gasteiger partial charge in [-0.2, -0.15) is 0 Å². The minimum absolute atomic E-state index is 0.0303. The molecule has 1 aliphatic rings. The van der Waals surface area contributed by atoms with Gasteiger partial charge in [-0.15, -0.1) is 0 Å². The number of ether oxygens (including phenoxy) is 1. The SMILES string of the molecule is CNC1CC(c2cc(Cl)ccc2Br)Oc2cc(Br)ccc21. The van der Waals surface area contributed by atoms with Gasteiger partial charge in [-0.3, -0.25) is 0 Å². The lowest BCUT2D eigenvalue weighted by Gasteiger charge is -2.33. The second-order valence-electron chi connectivity index (χ2n) is 5.03. The van der Waals surface area contributed by atoms with Crippen LogP contribution in [0.3, 0.4) is 0 Å². The van der Waals surface area contributed by atoms with Crippen molar-refractivity contribution in [1.82, 2.24) is 5.32 Å². The molecule has 2 atom stereocenters. The first-order chi connectivity index (χ1) is 10.1. The molecule has 0 spiro atoms. The van der Waals surface area contributed by atoms with Crippen LogP contribution in [0.15, 0.2) is 45.3 Å². The van der Waals surface area contributed by atoms with Gasteiger partial charge in [0.05, 0.1) is 0 Å². The maximum Gasteiger partial charge on any atom is 0.127 e. The Morgan fingerprint density at radius 1 is 1.14 bits per heavy atom. The van der Waals surface area contributed by atoms with Crippen molar-refractivity contribution in [3.05, 3.63) is 61.5 Å². The predicted molar refractivity (Wildman–Crippen MR) is 93.1 cm³/mol. The summed E-state index contributed by atoms with van der Waals surface area (Å²) in [5, 5.41) is 4.09. The van der Waals surface area contributed by atoms with Gasteiger partial charge in [-0.1, -0.05) is 49.5 Å². The number of halogens is 3. The summed E-state index contributed by atoms with van der Waals surface area (Å²) in [6.07, 6.45) is 0.835. The first-order valence-corrected chi connectivity index (χ1v) is 8.63. The Morgan fingerprint density at radius 2 is 1.95 bits per heavy atom. The van der Waals surface area contributed by atoms with Gasteiger partial charge in [0.15, 0.2) is 0 Å². The van der Waals surface area contributed by atoms with Crippen molar-refractivity contribution in [3.63, 3.8) is 0 Å². The van der Waals surface area contributed by atoms with E-state index in [0.717, 1.165) is 31.7 Å². The normalized spacial score (nSPS) is 20.8. The fourth-order valence-electron chi connectivity index (χ4n) is 2.67. The van der Waals surface area contributed by atoms with Crippen molar-refractivity contribution in [1.29, 1.82) is 0 Å². The number of hydrogen-bond donors (Lipinski definition) is 1. The molecule has 0 saturated heterocycles. The van der Waals surface area contributed by atoms with Crippen molar-refractivity contribution in [3.8, 4) is 5.75 Å². The van der Waals surface area contributed by atoms with Crippen LogP contribution in [0.1, 0.15) is 29.7 Å². The zero-order valence-corrected chi connectivity index (χ0v) is 15.3. The van der Waals surface area contributed by atoms with Crippen LogP contribution in [-0.2, 0) is 0 Å². The first kappa shape index (κ1) is 15.3. The summed E-state index contributed by atoms with van der Waals surface area (Å²) < 4.78 is 8.24. The molecule has 0 fully saturated rings. The Bertz CT molecular complexity index is 677. The topological polar surface area (TPSA) is 21.3 Å². The lowest BCUT2D eigenvalue weighted by Crippen LogP contribution is -2.26. The van der Waals surface area contributed by atoms with Crippen molar-refractivity contribution in [2.45, 2.75) is 18.6 Å². The van der Waals surface area contributed by atoms with E-state index in [1.54, 1.807) is 0 Å². The predicted octanol–water partition coefficient (Wildman–Crippen LogP) is 5.65. The Kier molecular flexibility index (Phi) is 4.60. The van der Waals surface area contributed by atoms with Crippen molar-refractivity contribution in [2.24, 2.45) is 0 Å². The highest BCUT2D eigenvalue weighted by atomic mass is 79.9. The Balaban J connectivity index is 2.01. The Hall–Kier alpha value is -0.550. The van der Waals surface area contributed by atoms with Crippen LogP contribution < -0.4 is 10.1 Å². The molecule has 0 amide bonds. The van der Waals surface area contributed by atoms with Crippen LogP contribution in [0.2, 0.25) is 5.02 Å². The quantitative estimate of drug-likeness (QED) is 0.664. The van der Waals surface area contributed by atoms with Crippen LogP contribution in [-0.4, -0.2) is 7.05 Å². The van der Waals surface area contributed by atoms with Gasteiger partial charge in [0.1, 0.15) is 11.9 Å². The highest BCUT2D eigenvalue weighted by molar-refractivity contribution is 9.10. The van der Waals surface area contributed by atoms with Crippen molar-refractivity contribution < 1.29 is 4.74 Å². The summed E-state index contributed by atoms with van der Waals surface area (Å²) in [7, 11) is 1.98. The molecule has 1 aliphatic heterocycles. The molecular formula is C16H14Br2ClNO. The molecule has 0 bridgehead atoms. The summed E-state index contributed by atoms with van der Waals surface area (Å²) in [5.41, 5.74) is 2.27. The van der Waals surface area contributed by atoms with Crippen LogP contribution >= 0.6 is 43.5 Å². The van der Waals surface area contributed by atoms with Crippen molar-refractivity contribution >= 4 is 43.5 Å². The average Bonchev–Trinajstić information content (AvgIpc) is 2.48. The van der Waals surface area contributed by atoms with Gasteiger partial charge < -0.3 is 10.1 Å². The molecule has 0 aliphatic carbocycles. The molecule has 3 rings (SSSR count). The van der Waals surface area contributed by atoms with Crippen LogP contribution in [0.25, 0.3) is 0 Å². The first-order valence-electron chi connectivity index (χ1n) is 6.67. The van der Waals surface area contributed by atoms with E-state index in [4.69, 9.17) is 16.3 Å². The molecule has 0 saturated carbocycles. The van der Waals surface area contributed by atoms with Gasteiger partial charge in [0, 0.05) is 37.6 Å². The Morgan fingerprint density at radius 3 is 2.71 bits per heavy atom. The molecule has 21 heavy (non-hydrogen) atoms. The van der Waals surface area contributed by atoms with Crippen molar-refractivity contribution in [2.75, 3.05) is 7.05 Å². The third-order valence-electron chi connectivity index (χ3n) is 3.72.